The Labute approximate surface area is 150 Å². The van der Waals surface area contributed by atoms with Crippen LogP contribution in [0.25, 0.3) is 0 Å². The molecule has 0 saturated carbocycles. The van der Waals surface area contributed by atoms with Crippen LogP contribution >= 0.6 is 0 Å². The molecule has 0 spiro atoms. The van der Waals surface area contributed by atoms with E-state index in [1.54, 1.807) is 41.3 Å². The van der Waals surface area contributed by atoms with Crippen LogP contribution in [0.2, 0.25) is 0 Å². The summed E-state index contributed by atoms with van der Waals surface area (Å²) in [6.45, 7) is 1.95. The van der Waals surface area contributed by atoms with Crippen LogP contribution in [0.15, 0.2) is 72.8 Å². The van der Waals surface area contributed by atoms with Crippen LogP contribution in [0.3, 0.4) is 0 Å². The molecule has 5 nitrogen and oxygen atoms in total. The number of rotatable bonds is 5. The number of aryl methyl sites for hydroxylation is 1. The van der Waals surface area contributed by atoms with Crippen LogP contribution in [0.1, 0.15) is 26.3 Å². The molecule has 3 rings (SSSR count). The van der Waals surface area contributed by atoms with E-state index in [1.165, 1.54) is 12.1 Å². The van der Waals surface area contributed by atoms with Gasteiger partial charge in [0.15, 0.2) is 0 Å². The first-order valence-electron chi connectivity index (χ1n) is 8.00. The van der Waals surface area contributed by atoms with Crippen molar-refractivity contribution in [2.45, 2.75) is 6.92 Å². The molecule has 2 N–H and O–H groups in total. The Hall–Kier alpha value is -3.60. The summed E-state index contributed by atoms with van der Waals surface area (Å²) in [5, 5.41) is 19.2. The van der Waals surface area contributed by atoms with Crippen LogP contribution in [0, 0.1) is 6.92 Å². The van der Waals surface area contributed by atoms with Crippen LogP contribution in [0.4, 0.5) is 17.1 Å². The summed E-state index contributed by atoms with van der Waals surface area (Å²) < 4.78 is 0. The minimum Gasteiger partial charge on any atom is -0.478 e. The van der Waals surface area contributed by atoms with E-state index in [4.69, 9.17) is 0 Å². The van der Waals surface area contributed by atoms with Gasteiger partial charge in [-0.1, -0.05) is 42.0 Å². The van der Waals surface area contributed by atoms with E-state index in [0.717, 1.165) is 5.56 Å². The van der Waals surface area contributed by atoms with E-state index in [0.29, 0.717) is 17.1 Å². The predicted octanol–water partition coefficient (Wildman–Crippen LogP) is 4.86. The summed E-state index contributed by atoms with van der Waals surface area (Å²) >= 11 is 0. The van der Waals surface area contributed by atoms with Gasteiger partial charge >= 0.3 is 11.9 Å². The Morgan fingerprint density at radius 3 is 1.54 bits per heavy atom. The molecule has 3 aromatic carbocycles. The lowest BCUT2D eigenvalue weighted by molar-refractivity contribution is 0.0688. The molecule has 26 heavy (non-hydrogen) atoms. The third-order valence-corrected chi connectivity index (χ3v) is 4.04. The molecule has 0 aromatic heterocycles. The molecule has 5 heteroatoms. The first-order chi connectivity index (χ1) is 12.5. The number of para-hydroxylation sites is 2. The average molecular weight is 347 g/mol. The second kappa shape index (κ2) is 7.11. The first-order valence-corrected chi connectivity index (χ1v) is 8.00. The second-order valence-corrected chi connectivity index (χ2v) is 5.82. The zero-order chi connectivity index (χ0) is 18.7. The van der Waals surface area contributed by atoms with Gasteiger partial charge in [0.1, 0.15) is 0 Å². The smallest absolute Gasteiger partial charge is 0.337 e. The van der Waals surface area contributed by atoms with Crippen LogP contribution in [0.5, 0.6) is 0 Å². The van der Waals surface area contributed by atoms with Crippen molar-refractivity contribution in [3.63, 3.8) is 0 Å². The summed E-state index contributed by atoms with van der Waals surface area (Å²) in [6, 6.07) is 20.6. The molecule has 0 aliphatic rings. The monoisotopic (exact) mass is 347 g/mol. The van der Waals surface area contributed by atoms with Crippen molar-refractivity contribution in [1.29, 1.82) is 0 Å². The maximum absolute atomic E-state index is 11.7. The molecule has 0 atom stereocenters. The zero-order valence-electron chi connectivity index (χ0n) is 14.1. The highest BCUT2D eigenvalue weighted by Crippen LogP contribution is 2.38. The Morgan fingerprint density at radius 2 is 1.12 bits per heavy atom. The van der Waals surface area contributed by atoms with Gasteiger partial charge in [0.25, 0.3) is 0 Å². The lowest BCUT2D eigenvalue weighted by Crippen LogP contribution is -2.17. The maximum atomic E-state index is 11.7. The number of carboxylic acid groups (broad SMARTS) is 2. The summed E-state index contributed by atoms with van der Waals surface area (Å²) in [5.74, 6) is -2.16. The van der Waals surface area contributed by atoms with Gasteiger partial charge in [-0.25, -0.2) is 9.59 Å². The van der Waals surface area contributed by atoms with Gasteiger partial charge in [-0.3, -0.25) is 0 Å². The van der Waals surface area contributed by atoms with Gasteiger partial charge in [0, 0.05) is 5.69 Å². The number of hydrogen-bond donors (Lipinski definition) is 2. The minimum absolute atomic E-state index is 0.0910. The largest absolute Gasteiger partial charge is 0.478 e. The molecule has 0 radical (unpaired) electrons. The molecule has 0 amide bonds. The van der Waals surface area contributed by atoms with Crippen LogP contribution < -0.4 is 4.90 Å². The highest BCUT2D eigenvalue weighted by atomic mass is 16.4. The van der Waals surface area contributed by atoms with Crippen molar-refractivity contribution < 1.29 is 19.8 Å². The highest BCUT2D eigenvalue weighted by molar-refractivity contribution is 6.01. The molecule has 0 bridgehead atoms. The quantitative estimate of drug-likeness (QED) is 0.689. The van der Waals surface area contributed by atoms with Gasteiger partial charge < -0.3 is 15.1 Å². The summed E-state index contributed by atoms with van der Waals surface area (Å²) in [4.78, 5) is 25.1. The van der Waals surface area contributed by atoms with E-state index in [1.807, 2.05) is 31.2 Å². The van der Waals surface area contributed by atoms with Crippen molar-refractivity contribution in [2.75, 3.05) is 4.90 Å². The lowest BCUT2D eigenvalue weighted by Gasteiger charge is -2.28. The van der Waals surface area contributed by atoms with E-state index in [-0.39, 0.29) is 11.1 Å². The minimum atomic E-state index is -1.08. The van der Waals surface area contributed by atoms with Crippen molar-refractivity contribution in [3.8, 4) is 0 Å². The molecule has 0 saturated heterocycles. The van der Waals surface area contributed by atoms with Gasteiger partial charge in [-0.2, -0.15) is 0 Å². The molecule has 130 valence electrons. The average Bonchev–Trinajstić information content (AvgIpc) is 2.64. The fourth-order valence-corrected chi connectivity index (χ4v) is 2.80. The second-order valence-electron chi connectivity index (χ2n) is 5.82. The van der Waals surface area contributed by atoms with E-state index in [2.05, 4.69) is 0 Å². The number of nitrogens with zero attached hydrogens (tertiary/aromatic N) is 1. The number of carboxylic acids is 2. The third-order valence-electron chi connectivity index (χ3n) is 4.04. The zero-order valence-corrected chi connectivity index (χ0v) is 14.1. The summed E-state index contributed by atoms with van der Waals surface area (Å²) in [7, 11) is 0. The SMILES string of the molecule is Cc1ccc(N(c2ccccc2C(=O)O)c2ccccc2C(=O)O)cc1. The summed E-state index contributed by atoms with van der Waals surface area (Å²) in [6.07, 6.45) is 0. The van der Waals surface area contributed by atoms with Crippen LogP contribution in [-0.2, 0) is 0 Å². The van der Waals surface area contributed by atoms with Gasteiger partial charge in [-0.15, -0.1) is 0 Å². The number of aromatic carboxylic acids is 2. The lowest BCUT2D eigenvalue weighted by atomic mass is 10.1. The maximum Gasteiger partial charge on any atom is 0.337 e. The van der Waals surface area contributed by atoms with Crippen molar-refractivity contribution in [2.24, 2.45) is 0 Å². The molecule has 0 unspecified atom stereocenters. The number of benzene rings is 3. The highest BCUT2D eigenvalue weighted by Gasteiger charge is 2.22. The van der Waals surface area contributed by atoms with E-state index >= 15 is 0 Å². The Morgan fingerprint density at radius 1 is 0.692 bits per heavy atom. The summed E-state index contributed by atoms with van der Waals surface area (Å²) in [5.41, 5.74) is 2.71. The number of carbonyl (C=O) groups is 2. The van der Waals surface area contributed by atoms with Crippen LogP contribution in [-0.4, -0.2) is 22.2 Å². The molecule has 3 aromatic rings. The van der Waals surface area contributed by atoms with Crippen molar-refractivity contribution >= 4 is 29.0 Å². The molecule has 0 heterocycles. The van der Waals surface area contributed by atoms with Crippen molar-refractivity contribution in [1.82, 2.24) is 0 Å². The normalized spacial score (nSPS) is 10.3. The standard InChI is InChI=1S/C21H17NO4/c1-14-10-12-15(13-11-14)22(18-8-4-2-6-16(18)20(23)24)19-9-5-3-7-17(19)21(25)26/h2-13H,1H3,(H,23,24)(H,25,26). The molecular weight excluding hydrogens is 330 g/mol. The Balaban J connectivity index is 2.30. The van der Waals surface area contributed by atoms with Crippen molar-refractivity contribution in [3.05, 3.63) is 89.5 Å². The predicted molar refractivity (Wildman–Crippen MR) is 99.8 cm³/mol. The molecule has 0 fully saturated rings. The van der Waals surface area contributed by atoms with E-state index < -0.39 is 11.9 Å². The molecule has 0 aliphatic carbocycles. The van der Waals surface area contributed by atoms with Gasteiger partial charge in [0.2, 0.25) is 0 Å². The fourth-order valence-electron chi connectivity index (χ4n) is 2.80. The Kier molecular flexibility index (Phi) is 4.71. The fraction of sp³-hybridized carbons (Fsp3) is 0.0476. The topological polar surface area (TPSA) is 77.8 Å². The van der Waals surface area contributed by atoms with Gasteiger partial charge in [0.05, 0.1) is 22.5 Å². The number of hydrogen-bond acceptors (Lipinski definition) is 3. The van der Waals surface area contributed by atoms with Gasteiger partial charge in [-0.05, 0) is 43.3 Å². The Bertz CT molecular complexity index is 906. The third kappa shape index (κ3) is 3.28. The number of anilines is 3. The molecule has 0 aliphatic heterocycles. The molecular formula is C21H17NO4. The van der Waals surface area contributed by atoms with E-state index in [9.17, 15) is 19.8 Å². The first kappa shape index (κ1) is 17.2.